The van der Waals surface area contributed by atoms with E-state index >= 15 is 0 Å². The summed E-state index contributed by atoms with van der Waals surface area (Å²) in [5.41, 5.74) is 0.995. The Morgan fingerprint density at radius 2 is 1.69 bits per heavy atom. The predicted molar refractivity (Wildman–Crippen MR) is 102 cm³/mol. The fourth-order valence-corrected chi connectivity index (χ4v) is 2.42. The fourth-order valence-electron chi connectivity index (χ4n) is 2.32. The van der Waals surface area contributed by atoms with Gasteiger partial charge in [-0.3, -0.25) is 9.59 Å². The zero-order chi connectivity index (χ0) is 19.2. The molecule has 0 aliphatic rings. The number of hydrogen-bond acceptors (Lipinski definition) is 3. The van der Waals surface area contributed by atoms with Crippen LogP contribution in [0.5, 0.6) is 0 Å². The molecule has 0 saturated heterocycles. The van der Waals surface area contributed by atoms with Gasteiger partial charge in [-0.2, -0.15) is 0 Å². The number of halogens is 1. The highest BCUT2D eigenvalue weighted by Gasteiger charge is 2.18. The van der Waals surface area contributed by atoms with E-state index in [0.29, 0.717) is 44.8 Å². The summed E-state index contributed by atoms with van der Waals surface area (Å²) in [6.45, 7) is 2.71. The molecule has 1 rings (SSSR count). The molecule has 26 heavy (non-hydrogen) atoms. The van der Waals surface area contributed by atoms with Gasteiger partial charge in [-0.1, -0.05) is 30.3 Å². The highest BCUT2D eigenvalue weighted by molar-refractivity contribution is 6.18. The first-order valence-corrected chi connectivity index (χ1v) is 9.22. The van der Waals surface area contributed by atoms with Crippen molar-refractivity contribution >= 4 is 29.4 Å². The van der Waals surface area contributed by atoms with Gasteiger partial charge in [0, 0.05) is 32.4 Å². The molecular weight excluding hydrogens is 356 g/mol. The third-order valence-corrected chi connectivity index (χ3v) is 3.78. The molecule has 1 unspecified atom stereocenters. The number of alkyl halides is 1. The summed E-state index contributed by atoms with van der Waals surface area (Å²) in [5.74, 6) is -0.0931. The molecule has 0 aromatic heterocycles. The zero-order valence-electron chi connectivity index (χ0n) is 15.0. The topological polar surface area (TPSA) is 99.3 Å². The van der Waals surface area contributed by atoms with Gasteiger partial charge < -0.3 is 21.3 Å². The molecule has 0 saturated carbocycles. The van der Waals surface area contributed by atoms with Crippen LogP contribution in [0.15, 0.2) is 30.3 Å². The first-order valence-electron chi connectivity index (χ1n) is 8.69. The van der Waals surface area contributed by atoms with Crippen molar-refractivity contribution in [3.63, 3.8) is 0 Å². The molecule has 0 heterocycles. The van der Waals surface area contributed by atoms with Crippen molar-refractivity contribution in [3.8, 4) is 0 Å². The second-order valence-electron chi connectivity index (χ2n) is 5.82. The minimum Gasteiger partial charge on any atom is -0.350 e. The van der Waals surface area contributed by atoms with Crippen LogP contribution in [0.3, 0.4) is 0 Å². The number of benzene rings is 1. The first-order chi connectivity index (χ1) is 12.5. The maximum atomic E-state index is 12.3. The Morgan fingerprint density at radius 1 is 1.00 bits per heavy atom. The van der Waals surface area contributed by atoms with Gasteiger partial charge in [-0.25, -0.2) is 4.79 Å². The fraction of sp³-hybridized carbons (Fsp3) is 0.500. The second kappa shape index (κ2) is 13.0. The monoisotopic (exact) mass is 382 g/mol. The molecule has 7 nitrogen and oxygen atoms in total. The van der Waals surface area contributed by atoms with Gasteiger partial charge in [0.15, 0.2) is 0 Å². The lowest BCUT2D eigenvalue weighted by Gasteiger charge is -2.17. The van der Waals surface area contributed by atoms with Crippen LogP contribution in [0.2, 0.25) is 0 Å². The Labute approximate surface area is 159 Å². The van der Waals surface area contributed by atoms with Crippen LogP contribution in [0.25, 0.3) is 0 Å². The summed E-state index contributed by atoms with van der Waals surface area (Å²) < 4.78 is 0. The number of rotatable bonds is 11. The van der Waals surface area contributed by atoms with Crippen molar-refractivity contribution < 1.29 is 14.4 Å². The zero-order valence-corrected chi connectivity index (χ0v) is 15.8. The maximum absolute atomic E-state index is 12.3. The Balaban J connectivity index is 2.32. The van der Waals surface area contributed by atoms with E-state index in [1.165, 1.54) is 6.92 Å². The van der Waals surface area contributed by atoms with Crippen molar-refractivity contribution in [2.75, 3.05) is 19.0 Å². The number of unbranched alkanes of at least 4 members (excludes halogenated alkanes) is 1. The van der Waals surface area contributed by atoms with E-state index in [4.69, 9.17) is 11.6 Å². The summed E-state index contributed by atoms with van der Waals surface area (Å²) in [6.07, 6.45) is 1.90. The van der Waals surface area contributed by atoms with Gasteiger partial charge in [0.2, 0.25) is 11.8 Å². The van der Waals surface area contributed by atoms with Crippen molar-refractivity contribution in [3.05, 3.63) is 35.9 Å². The molecule has 1 atom stereocenters. The van der Waals surface area contributed by atoms with Crippen LogP contribution in [0.1, 0.15) is 31.7 Å². The normalized spacial score (nSPS) is 11.3. The SMILES string of the molecule is CC(=O)NC(CCCCNC(=O)NCCCl)C(=O)NCc1ccccc1. The smallest absolute Gasteiger partial charge is 0.314 e. The van der Waals surface area contributed by atoms with Crippen LogP contribution in [0.4, 0.5) is 4.79 Å². The van der Waals surface area contributed by atoms with E-state index in [-0.39, 0.29) is 17.8 Å². The number of hydrogen-bond donors (Lipinski definition) is 4. The van der Waals surface area contributed by atoms with E-state index in [2.05, 4.69) is 21.3 Å². The lowest BCUT2D eigenvalue weighted by molar-refractivity contribution is -0.128. The van der Waals surface area contributed by atoms with Crippen molar-refractivity contribution in [1.82, 2.24) is 21.3 Å². The number of nitrogens with one attached hydrogen (secondary N) is 4. The third kappa shape index (κ3) is 9.88. The van der Waals surface area contributed by atoms with Gasteiger partial charge in [-0.15, -0.1) is 11.6 Å². The maximum Gasteiger partial charge on any atom is 0.314 e. The highest BCUT2D eigenvalue weighted by atomic mass is 35.5. The number of urea groups is 1. The van der Waals surface area contributed by atoms with E-state index in [9.17, 15) is 14.4 Å². The molecule has 0 spiro atoms. The lowest BCUT2D eigenvalue weighted by atomic mass is 10.1. The molecule has 1 aromatic carbocycles. The summed E-state index contributed by atoms with van der Waals surface area (Å²) in [7, 11) is 0. The first kappa shape index (κ1) is 21.8. The van der Waals surface area contributed by atoms with E-state index in [1.54, 1.807) is 0 Å². The molecule has 4 N–H and O–H groups in total. The van der Waals surface area contributed by atoms with E-state index < -0.39 is 6.04 Å². The lowest BCUT2D eigenvalue weighted by Crippen LogP contribution is -2.45. The summed E-state index contributed by atoms with van der Waals surface area (Å²) in [6, 6.07) is 8.73. The van der Waals surface area contributed by atoms with Crippen LogP contribution in [0, 0.1) is 0 Å². The molecule has 0 radical (unpaired) electrons. The predicted octanol–water partition coefficient (Wildman–Crippen LogP) is 1.52. The van der Waals surface area contributed by atoms with Crippen LogP contribution < -0.4 is 21.3 Å². The van der Waals surface area contributed by atoms with Crippen molar-refractivity contribution in [2.24, 2.45) is 0 Å². The van der Waals surface area contributed by atoms with Crippen molar-refractivity contribution in [1.29, 1.82) is 0 Å². The largest absolute Gasteiger partial charge is 0.350 e. The molecular formula is C18H27ClN4O3. The second-order valence-corrected chi connectivity index (χ2v) is 6.20. The Morgan fingerprint density at radius 3 is 2.35 bits per heavy atom. The Bertz CT molecular complexity index is 569. The molecule has 0 bridgehead atoms. The Kier molecular flexibility index (Phi) is 10.9. The average Bonchev–Trinajstić information content (AvgIpc) is 2.63. The summed E-state index contributed by atoms with van der Waals surface area (Å²) in [5, 5.41) is 10.8. The van der Waals surface area contributed by atoms with Gasteiger partial charge >= 0.3 is 6.03 Å². The van der Waals surface area contributed by atoms with Crippen LogP contribution in [-0.2, 0) is 16.1 Å². The van der Waals surface area contributed by atoms with E-state index in [1.807, 2.05) is 30.3 Å². The molecule has 8 heteroatoms. The molecule has 144 valence electrons. The van der Waals surface area contributed by atoms with E-state index in [0.717, 1.165) is 5.56 Å². The van der Waals surface area contributed by atoms with Crippen LogP contribution in [-0.4, -0.2) is 42.9 Å². The van der Waals surface area contributed by atoms with Gasteiger partial charge in [0.25, 0.3) is 0 Å². The number of amides is 4. The summed E-state index contributed by atoms with van der Waals surface area (Å²) in [4.78, 5) is 35.0. The quantitative estimate of drug-likeness (QED) is 0.345. The number of carbonyl (C=O) groups is 3. The number of carbonyl (C=O) groups excluding carboxylic acids is 3. The van der Waals surface area contributed by atoms with Gasteiger partial charge in [0.05, 0.1) is 0 Å². The molecule has 0 fully saturated rings. The standard InChI is InChI=1S/C18H27ClN4O3/c1-14(24)23-16(9-5-6-11-20-18(26)21-12-10-19)17(25)22-13-15-7-3-2-4-8-15/h2-4,7-8,16H,5-6,9-13H2,1H3,(H,22,25)(H,23,24)(H2,20,21,26). The minimum absolute atomic E-state index is 0.211. The Hall–Kier alpha value is -2.28. The summed E-state index contributed by atoms with van der Waals surface area (Å²) >= 11 is 5.49. The van der Waals surface area contributed by atoms with Crippen LogP contribution >= 0.6 is 11.6 Å². The third-order valence-electron chi connectivity index (χ3n) is 3.59. The van der Waals surface area contributed by atoms with Gasteiger partial charge in [-0.05, 0) is 24.8 Å². The highest BCUT2D eigenvalue weighted by Crippen LogP contribution is 2.03. The van der Waals surface area contributed by atoms with Crippen molar-refractivity contribution in [2.45, 2.75) is 38.8 Å². The molecule has 0 aliphatic heterocycles. The molecule has 0 aliphatic carbocycles. The average molecular weight is 383 g/mol. The molecule has 4 amide bonds. The molecule has 1 aromatic rings. The minimum atomic E-state index is -0.582. The van der Waals surface area contributed by atoms with Gasteiger partial charge in [0.1, 0.15) is 6.04 Å².